The second-order valence-corrected chi connectivity index (χ2v) is 3.80. The highest BCUT2D eigenvalue weighted by Gasteiger charge is 2.32. The van der Waals surface area contributed by atoms with Gasteiger partial charge < -0.3 is 4.74 Å². The molecule has 0 N–H and O–H groups in total. The quantitative estimate of drug-likeness (QED) is 0.626. The molecule has 0 aromatic heterocycles. The lowest BCUT2D eigenvalue weighted by Crippen LogP contribution is -2.19. The molecule has 0 unspecified atom stereocenters. The molecule has 0 saturated carbocycles. The number of alkyl halides is 4. The van der Waals surface area contributed by atoms with Crippen LogP contribution in [0.1, 0.15) is 22.8 Å². The second kappa shape index (κ2) is 5.53. The van der Waals surface area contributed by atoms with Gasteiger partial charge in [-0.1, -0.05) is 35.0 Å². The summed E-state index contributed by atoms with van der Waals surface area (Å²) >= 11 is 2.99. The van der Waals surface area contributed by atoms with Crippen LogP contribution in [0, 0.1) is 0 Å². The first-order chi connectivity index (χ1) is 7.89. The summed E-state index contributed by atoms with van der Waals surface area (Å²) < 4.78 is 40.4. The van der Waals surface area contributed by atoms with Gasteiger partial charge in [-0.05, 0) is 12.5 Å². The van der Waals surface area contributed by atoms with Gasteiger partial charge >= 0.3 is 6.36 Å². The molecule has 0 spiro atoms. The molecule has 0 fully saturated rings. The van der Waals surface area contributed by atoms with Crippen molar-refractivity contribution in [2.24, 2.45) is 0 Å². The third-order valence-corrected chi connectivity index (χ3v) is 2.64. The molecular weight excluding hydrogens is 301 g/mol. The summed E-state index contributed by atoms with van der Waals surface area (Å²) in [6.07, 6.45) is -4.46. The van der Waals surface area contributed by atoms with Crippen molar-refractivity contribution < 1.29 is 22.7 Å². The monoisotopic (exact) mass is 310 g/mol. The molecule has 17 heavy (non-hydrogen) atoms. The number of benzene rings is 1. The van der Waals surface area contributed by atoms with Crippen LogP contribution < -0.4 is 4.74 Å². The molecule has 0 saturated heterocycles. The molecule has 1 aromatic rings. The highest BCUT2D eigenvalue weighted by molar-refractivity contribution is 9.09. The lowest BCUT2D eigenvalue weighted by atomic mass is 10.0. The van der Waals surface area contributed by atoms with Crippen molar-refractivity contribution in [3.8, 4) is 5.75 Å². The van der Waals surface area contributed by atoms with Crippen molar-refractivity contribution in [2.45, 2.75) is 19.7 Å². The lowest BCUT2D eigenvalue weighted by molar-refractivity contribution is -0.274. The second-order valence-electron chi connectivity index (χ2n) is 3.24. The molecule has 1 rings (SSSR count). The van der Waals surface area contributed by atoms with Gasteiger partial charge in [0.2, 0.25) is 0 Å². The van der Waals surface area contributed by atoms with Crippen LogP contribution in [0.2, 0.25) is 0 Å². The molecule has 0 bridgehead atoms. The summed E-state index contributed by atoms with van der Waals surface area (Å²) in [4.78, 5) is 11.5. The molecule has 2 nitrogen and oxygen atoms in total. The summed E-state index contributed by atoms with van der Waals surface area (Å²) in [6.45, 7) is 1.67. The van der Waals surface area contributed by atoms with Crippen molar-refractivity contribution >= 4 is 21.7 Å². The van der Waals surface area contributed by atoms with E-state index in [1.165, 1.54) is 18.2 Å². The number of Topliss-reactive ketones (excluding diaryl/α,β-unsaturated/α-hetero) is 1. The van der Waals surface area contributed by atoms with Crippen molar-refractivity contribution in [3.63, 3.8) is 0 Å². The fourth-order valence-electron chi connectivity index (χ4n) is 1.48. The number of rotatable bonds is 4. The van der Waals surface area contributed by atoms with Crippen LogP contribution in [0.5, 0.6) is 5.75 Å². The first-order valence-corrected chi connectivity index (χ1v) is 5.98. The van der Waals surface area contributed by atoms with Crippen LogP contribution in [-0.4, -0.2) is 17.5 Å². The van der Waals surface area contributed by atoms with E-state index in [-0.39, 0.29) is 28.0 Å². The smallest absolute Gasteiger partial charge is 0.405 e. The standard InChI is InChI=1S/C11H10BrF3O2/c1-2-7-8(9(16)6-12)4-3-5-10(7)17-11(13,14)15/h3-5H,2,6H2,1H3. The predicted molar refractivity (Wildman–Crippen MR) is 60.6 cm³/mol. The average molecular weight is 311 g/mol. The molecular formula is C11H10BrF3O2. The normalized spacial score (nSPS) is 11.4. The van der Waals surface area contributed by atoms with E-state index in [1.807, 2.05) is 0 Å². The van der Waals surface area contributed by atoms with Crippen LogP contribution in [0.3, 0.4) is 0 Å². The third kappa shape index (κ3) is 3.73. The van der Waals surface area contributed by atoms with Crippen LogP contribution in [-0.2, 0) is 6.42 Å². The van der Waals surface area contributed by atoms with Gasteiger partial charge in [0, 0.05) is 11.1 Å². The summed E-state index contributed by atoms with van der Waals surface area (Å²) in [7, 11) is 0. The van der Waals surface area contributed by atoms with Crippen LogP contribution in [0.15, 0.2) is 18.2 Å². The summed E-state index contributed by atoms with van der Waals surface area (Å²) in [5, 5.41) is 0.0650. The Morgan fingerprint density at radius 2 is 2.06 bits per heavy atom. The highest BCUT2D eigenvalue weighted by atomic mass is 79.9. The molecule has 0 radical (unpaired) electrons. The minimum atomic E-state index is -4.75. The van der Waals surface area contributed by atoms with Crippen LogP contribution >= 0.6 is 15.9 Å². The van der Waals surface area contributed by atoms with Crippen LogP contribution in [0.25, 0.3) is 0 Å². The van der Waals surface area contributed by atoms with Crippen molar-refractivity contribution in [1.82, 2.24) is 0 Å². The van der Waals surface area contributed by atoms with Crippen molar-refractivity contribution in [1.29, 1.82) is 0 Å². The topological polar surface area (TPSA) is 26.3 Å². The predicted octanol–water partition coefficient (Wildman–Crippen LogP) is 3.73. The van der Waals surface area contributed by atoms with Gasteiger partial charge in [0.1, 0.15) is 5.75 Å². The molecule has 94 valence electrons. The van der Waals surface area contributed by atoms with Crippen molar-refractivity contribution in [2.75, 3.05) is 5.33 Å². The number of halogens is 4. The third-order valence-electron chi connectivity index (χ3n) is 2.13. The number of carbonyl (C=O) groups is 1. The zero-order valence-corrected chi connectivity index (χ0v) is 10.6. The SMILES string of the molecule is CCc1c(OC(F)(F)F)cccc1C(=O)CBr. The Balaban J connectivity index is 3.19. The Bertz CT molecular complexity index is 416. The van der Waals surface area contributed by atoms with Gasteiger partial charge in [-0.3, -0.25) is 4.79 Å². The van der Waals surface area contributed by atoms with Gasteiger partial charge in [0.15, 0.2) is 5.78 Å². The molecule has 6 heteroatoms. The van der Waals surface area contributed by atoms with Crippen molar-refractivity contribution in [3.05, 3.63) is 29.3 Å². The van der Waals surface area contributed by atoms with E-state index in [1.54, 1.807) is 6.92 Å². The first-order valence-electron chi connectivity index (χ1n) is 4.85. The molecule has 0 heterocycles. The minimum Gasteiger partial charge on any atom is -0.405 e. The highest BCUT2D eigenvalue weighted by Crippen LogP contribution is 2.29. The zero-order valence-electron chi connectivity index (χ0n) is 8.97. The van der Waals surface area contributed by atoms with E-state index in [0.717, 1.165) is 0 Å². The Morgan fingerprint density at radius 3 is 2.53 bits per heavy atom. The maximum atomic E-state index is 12.2. The summed E-state index contributed by atoms with van der Waals surface area (Å²) in [5.74, 6) is -0.582. The number of ketones is 1. The van der Waals surface area contributed by atoms with E-state index < -0.39 is 6.36 Å². The molecule has 0 aliphatic heterocycles. The number of carbonyl (C=O) groups excluding carboxylic acids is 1. The zero-order chi connectivity index (χ0) is 13.1. The Kier molecular flexibility index (Phi) is 4.56. The molecule has 0 atom stereocenters. The maximum absolute atomic E-state index is 12.2. The lowest BCUT2D eigenvalue weighted by Gasteiger charge is -2.14. The Labute approximate surface area is 105 Å². The number of hydrogen-bond donors (Lipinski definition) is 0. The minimum absolute atomic E-state index is 0.0650. The summed E-state index contributed by atoms with van der Waals surface area (Å²) in [5.41, 5.74) is 0.528. The summed E-state index contributed by atoms with van der Waals surface area (Å²) in [6, 6.07) is 4.07. The van der Waals surface area contributed by atoms with Crippen LogP contribution in [0.4, 0.5) is 13.2 Å². The first kappa shape index (κ1) is 14.0. The fraction of sp³-hybridized carbons (Fsp3) is 0.364. The largest absolute Gasteiger partial charge is 0.573 e. The van der Waals surface area contributed by atoms with E-state index in [9.17, 15) is 18.0 Å². The Morgan fingerprint density at radius 1 is 1.41 bits per heavy atom. The van der Waals surface area contributed by atoms with E-state index in [4.69, 9.17) is 0 Å². The molecule has 1 aromatic carbocycles. The average Bonchev–Trinajstić information content (AvgIpc) is 2.25. The van der Waals surface area contributed by atoms with E-state index in [0.29, 0.717) is 6.42 Å². The van der Waals surface area contributed by atoms with Gasteiger partial charge in [-0.15, -0.1) is 13.2 Å². The Hall–Kier alpha value is -1.04. The van der Waals surface area contributed by atoms with E-state index in [2.05, 4.69) is 20.7 Å². The molecule has 0 aliphatic rings. The number of hydrogen-bond acceptors (Lipinski definition) is 2. The van der Waals surface area contributed by atoms with Gasteiger partial charge in [-0.25, -0.2) is 0 Å². The van der Waals surface area contributed by atoms with Gasteiger partial charge in [0.05, 0.1) is 5.33 Å². The van der Waals surface area contributed by atoms with Gasteiger partial charge in [-0.2, -0.15) is 0 Å². The number of ether oxygens (including phenoxy) is 1. The fourth-order valence-corrected chi connectivity index (χ4v) is 1.79. The molecule has 0 aliphatic carbocycles. The molecule has 0 amide bonds. The maximum Gasteiger partial charge on any atom is 0.573 e. The van der Waals surface area contributed by atoms with Gasteiger partial charge in [0.25, 0.3) is 0 Å². The van der Waals surface area contributed by atoms with E-state index >= 15 is 0 Å².